The van der Waals surface area contributed by atoms with E-state index < -0.39 is 6.16 Å². The molecule has 104 valence electrons. The van der Waals surface area contributed by atoms with E-state index in [0.29, 0.717) is 17.1 Å². The smallest absolute Gasteiger partial charge is 0.434 e. The molecule has 8 heteroatoms. The Labute approximate surface area is 114 Å². The van der Waals surface area contributed by atoms with Crippen molar-refractivity contribution in [3.05, 3.63) is 36.0 Å². The van der Waals surface area contributed by atoms with E-state index in [9.17, 15) is 9.59 Å². The van der Waals surface area contributed by atoms with E-state index in [1.54, 1.807) is 6.92 Å². The van der Waals surface area contributed by atoms with Gasteiger partial charge < -0.3 is 14.8 Å². The molecule has 1 heterocycles. The number of H-pyrrole nitrogens is 1. The maximum Gasteiger partial charge on any atom is 0.513 e. The predicted molar refractivity (Wildman–Crippen MR) is 68.4 cm³/mol. The average molecular weight is 276 g/mol. The van der Waals surface area contributed by atoms with Crippen molar-refractivity contribution in [1.29, 1.82) is 0 Å². The second kappa shape index (κ2) is 6.32. The zero-order valence-corrected chi connectivity index (χ0v) is 10.6. The zero-order valence-electron chi connectivity index (χ0n) is 10.6. The Morgan fingerprint density at radius 3 is 2.65 bits per heavy atom. The van der Waals surface area contributed by atoms with Gasteiger partial charge in [0.15, 0.2) is 5.82 Å². The summed E-state index contributed by atoms with van der Waals surface area (Å²) in [5, 5.41) is 12.2. The van der Waals surface area contributed by atoms with Crippen LogP contribution in [0.15, 0.2) is 30.5 Å². The van der Waals surface area contributed by atoms with Gasteiger partial charge in [0.05, 0.1) is 12.8 Å². The Kier molecular flexibility index (Phi) is 4.28. The van der Waals surface area contributed by atoms with Crippen LogP contribution in [0.4, 0.5) is 10.6 Å². The van der Waals surface area contributed by atoms with Crippen LogP contribution in [0.25, 0.3) is 0 Å². The zero-order chi connectivity index (χ0) is 14.4. The molecule has 20 heavy (non-hydrogen) atoms. The Morgan fingerprint density at radius 1 is 1.30 bits per heavy atom. The highest BCUT2D eigenvalue weighted by atomic mass is 16.7. The first-order valence-corrected chi connectivity index (χ1v) is 5.81. The van der Waals surface area contributed by atoms with Crippen molar-refractivity contribution in [3.8, 4) is 5.75 Å². The minimum atomic E-state index is -0.785. The summed E-state index contributed by atoms with van der Waals surface area (Å²) in [5.41, 5.74) is 0.393. The summed E-state index contributed by atoms with van der Waals surface area (Å²) < 4.78 is 9.51. The second-order valence-corrected chi connectivity index (χ2v) is 3.62. The molecule has 0 unspecified atom stereocenters. The number of ether oxygens (including phenoxy) is 2. The lowest BCUT2D eigenvalue weighted by atomic mass is 10.2. The van der Waals surface area contributed by atoms with Gasteiger partial charge in [-0.1, -0.05) is 0 Å². The van der Waals surface area contributed by atoms with Crippen LogP contribution in [-0.4, -0.2) is 34.1 Å². The average Bonchev–Trinajstić information content (AvgIpc) is 2.92. The fraction of sp³-hybridized carbons (Fsp3) is 0.167. The number of anilines is 1. The number of carbonyl (C=O) groups is 2. The summed E-state index contributed by atoms with van der Waals surface area (Å²) in [6, 6.07) is 6.03. The van der Waals surface area contributed by atoms with Crippen LogP contribution < -0.4 is 10.1 Å². The summed E-state index contributed by atoms with van der Waals surface area (Å²) in [5.74, 6) is 0.268. The van der Waals surface area contributed by atoms with Gasteiger partial charge in [-0.3, -0.25) is 4.79 Å². The van der Waals surface area contributed by atoms with Crippen LogP contribution in [0.1, 0.15) is 17.3 Å². The molecule has 0 bridgehead atoms. The Bertz CT molecular complexity index is 580. The highest BCUT2D eigenvalue weighted by molar-refractivity contribution is 6.03. The Balaban J connectivity index is 1.97. The molecule has 0 radical (unpaired) electrons. The van der Waals surface area contributed by atoms with Crippen LogP contribution >= 0.6 is 0 Å². The highest BCUT2D eigenvalue weighted by Gasteiger charge is 2.09. The summed E-state index contributed by atoms with van der Waals surface area (Å²) >= 11 is 0. The van der Waals surface area contributed by atoms with Crippen molar-refractivity contribution in [2.45, 2.75) is 6.92 Å². The fourth-order valence-corrected chi connectivity index (χ4v) is 1.37. The molecule has 1 aromatic heterocycles. The van der Waals surface area contributed by atoms with Gasteiger partial charge in [-0.25, -0.2) is 4.79 Å². The van der Waals surface area contributed by atoms with Crippen molar-refractivity contribution >= 4 is 17.9 Å². The van der Waals surface area contributed by atoms with E-state index in [2.05, 4.69) is 25.5 Å². The molecule has 0 aliphatic carbocycles. The number of nitrogens with zero attached hydrogens (tertiary/aromatic N) is 2. The quantitative estimate of drug-likeness (QED) is 0.648. The molecule has 0 atom stereocenters. The molecule has 0 spiro atoms. The molecular weight excluding hydrogens is 264 g/mol. The molecule has 1 aromatic carbocycles. The van der Waals surface area contributed by atoms with E-state index in [4.69, 9.17) is 4.74 Å². The first-order valence-electron chi connectivity index (χ1n) is 5.81. The predicted octanol–water partition coefficient (Wildman–Crippen LogP) is 1.59. The van der Waals surface area contributed by atoms with Gasteiger partial charge in [0.1, 0.15) is 5.75 Å². The monoisotopic (exact) mass is 276 g/mol. The molecule has 2 rings (SSSR count). The minimum absolute atomic E-state index is 0.233. The van der Waals surface area contributed by atoms with Crippen LogP contribution in [0, 0.1) is 0 Å². The number of aromatic amines is 1. The summed E-state index contributed by atoms with van der Waals surface area (Å²) in [6.07, 6.45) is 0.600. The first kappa shape index (κ1) is 13.5. The maximum atomic E-state index is 11.8. The molecule has 2 aromatic rings. The maximum absolute atomic E-state index is 11.8. The van der Waals surface area contributed by atoms with Crippen LogP contribution in [0.2, 0.25) is 0 Å². The van der Waals surface area contributed by atoms with Crippen molar-refractivity contribution in [2.24, 2.45) is 0 Å². The molecular formula is C12H12N4O4. The Hall–Kier alpha value is -2.90. The fourth-order valence-electron chi connectivity index (χ4n) is 1.37. The van der Waals surface area contributed by atoms with Crippen LogP contribution in [0.5, 0.6) is 5.75 Å². The topological polar surface area (TPSA) is 106 Å². The van der Waals surface area contributed by atoms with E-state index in [1.165, 1.54) is 30.5 Å². The van der Waals surface area contributed by atoms with Crippen molar-refractivity contribution in [3.63, 3.8) is 0 Å². The second-order valence-electron chi connectivity index (χ2n) is 3.62. The highest BCUT2D eigenvalue weighted by Crippen LogP contribution is 2.14. The van der Waals surface area contributed by atoms with Gasteiger partial charge in [-0.2, -0.15) is 10.3 Å². The normalized spacial score (nSPS) is 9.85. The number of amides is 1. The number of carbonyl (C=O) groups excluding carboxylic acids is 2. The molecule has 0 aliphatic rings. The molecule has 0 aliphatic heterocycles. The lowest BCUT2D eigenvalue weighted by Crippen LogP contribution is -2.13. The van der Waals surface area contributed by atoms with Crippen molar-refractivity contribution < 1.29 is 19.1 Å². The van der Waals surface area contributed by atoms with E-state index in [0.717, 1.165) is 0 Å². The van der Waals surface area contributed by atoms with E-state index >= 15 is 0 Å². The van der Waals surface area contributed by atoms with Gasteiger partial charge >= 0.3 is 6.16 Å². The van der Waals surface area contributed by atoms with Gasteiger partial charge in [0.25, 0.3) is 5.91 Å². The van der Waals surface area contributed by atoms with Gasteiger partial charge in [-0.15, -0.1) is 5.10 Å². The third kappa shape index (κ3) is 3.55. The molecule has 8 nitrogen and oxygen atoms in total. The third-order valence-corrected chi connectivity index (χ3v) is 2.24. The molecule has 2 N–H and O–H groups in total. The number of nitrogens with one attached hydrogen (secondary N) is 2. The molecule has 1 amide bonds. The van der Waals surface area contributed by atoms with Crippen LogP contribution in [-0.2, 0) is 4.74 Å². The summed E-state index contributed by atoms with van der Waals surface area (Å²) in [6.45, 7) is 1.91. The summed E-state index contributed by atoms with van der Waals surface area (Å²) in [4.78, 5) is 22.9. The van der Waals surface area contributed by atoms with Crippen molar-refractivity contribution in [2.75, 3.05) is 11.9 Å². The number of hydrogen-bond acceptors (Lipinski definition) is 6. The van der Waals surface area contributed by atoms with Crippen LogP contribution in [0.3, 0.4) is 0 Å². The number of hydrogen-bond donors (Lipinski definition) is 2. The SMILES string of the molecule is CCOC(=O)Oc1ccc(C(=O)Nc2cn[nH]n2)cc1. The minimum Gasteiger partial charge on any atom is -0.434 e. The standard InChI is InChI=1S/C12H12N4O4/c1-2-19-12(18)20-9-5-3-8(4-6-9)11(17)14-10-7-13-16-15-10/h3-7H,2H2,1H3,(H2,13,14,15,16,17). The van der Waals surface area contributed by atoms with E-state index in [1.807, 2.05) is 0 Å². The lowest BCUT2D eigenvalue weighted by Gasteiger charge is -2.05. The number of benzene rings is 1. The van der Waals surface area contributed by atoms with Crippen molar-refractivity contribution in [1.82, 2.24) is 15.4 Å². The number of aromatic nitrogens is 3. The van der Waals surface area contributed by atoms with E-state index in [-0.39, 0.29) is 12.5 Å². The van der Waals surface area contributed by atoms with Gasteiger partial charge in [-0.05, 0) is 31.2 Å². The summed E-state index contributed by atoms with van der Waals surface area (Å²) in [7, 11) is 0. The Morgan fingerprint density at radius 2 is 2.05 bits per heavy atom. The number of rotatable bonds is 4. The molecule has 0 saturated carbocycles. The molecule has 0 fully saturated rings. The van der Waals surface area contributed by atoms with Gasteiger partial charge in [0.2, 0.25) is 0 Å². The lowest BCUT2D eigenvalue weighted by molar-refractivity contribution is 0.102. The largest absolute Gasteiger partial charge is 0.513 e. The first-order chi connectivity index (χ1) is 9.69. The molecule has 0 saturated heterocycles. The third-order valence-electron chi connectivity index (χ3n) is 2.24. The van der Waals surface area contributed by atoms with Gasteiger partial charge in [0, 0.05) is 5.56 Å².